The molecule has 0 fully saturated rings. The van der Waals surface area contributed by atoms with Crippen LogP contribution in [0.1, 0.15) is 35.3 Å². The highest BCUT2D eigenvalue weighted by Gasteiger charge is 2.20. The van der Waals surface area contributed by atoms with Crippen LogP contribution in [0.4, 0.5) is 0 Å². The Balaban J connectivity index is 1.87. The third-order valence-electron chi connectivity index (χ3n) is 4.01. The number of pyridine rings is 1. The zero-order valence-electron chi connectivity index (χ0n) is 13.6. The Labute approximate surface area is 140 Å². The first kappa shape index (κ1) is 16.2. The van der Waals surface area contributed by atoms with Gasteiger partial charge in [0.15, 0.2) is 17.2 Å². The average Bonchev–Trinajstić information content (AvgIpc) is 3.06. The van der Waals surface area contributed by atoms with Gasteiger partial charge in [0.1, 0.15) is 5.69 Å². The number of ether oxygens (including phenoxy) is 1. The number of hydrogen-bond acceptors (Lipinski definition) is 4. The Bertz CT molecular complexity index is 827. The zero-order valence-corrected chi connectivity index (χ0v) is 13.6. The Morgan fingerprint density at radius 1 is 1.25 bits per heavy atom. The molecule has 0 aliphatic heterocycles. The van der Waals surface area contributed by atoms with Crippen molar-refractivity contribution >= 4 is 11.4 Å². The van der Waals surface area contributed by atoms with E-state index in [2.05, 4.69) is 4.98 Å². The maximum absolute atomic E-state index is 12.7. The van der Waals surface area contributed by atoms with E-state index in [0.717, 1.165) is 5.56 Å². The second-order valence-electron chi connectivity index (χ2n) is 5.56. The minimum Gasteiger partial charge on any atom is -0.490 e. The van der Waals surface area contributed by atoms with E-state index >= 15 is 0 Å². The molecular formula is C19H20N2O3. The molecule has 3 aromatic rings. The number of aliphatic hydroxyl groups is 1. The van der Waals surface area contributed by atoms with E-state index in [1.54, 1.807) is 16.8 Å². The van der Waals surface area contributed by atoms with Crippen molar-refractivity contribution in [1.29, 1.82) is 0 Å². The number of Topliss-reactive ketones (excluding diaryl/α,β-unsaturated/α-hetero) is 1. The number of imidazole rings is 1. The van der Waals surface area contributed by atoms with Crippen LogP contribution >= 0.6 is 0 Å². The van der Waals surface area contributed by atoms with Crippen molar-refractivity contribution in [2.24, 2.45) is 0 Å². The fourth-order valence-corrected chi connectivity index (χ4v) is 2.80. The van der Waals surface area contributed by atoms with Crippen LogP contribution in [0.5, 0.6) is 5.75 Å². The molecule has 0 saturated heterocycles. The summed E-state index contributed by atoms with van der Waals surface area (Å²) in [5, 5.41) is 9.66. The van der Waals surface area contributed by atoms with Crippen LogP contribution in [-0.2, 0) is 0 Å². The van der Waals surface area contributed by atoms with Crippen molar-refractivity contribution in [3.05, 3.63) is 66.1 Å². The molecule has 0 amide bonds. The fourth-order valence-electron chi connectivity index (χ4n) is 2.80. The van der Waals surface area contributed by atoms with Crippen molar-refractivity contribution in [1.82, 2.24) is 9.38 Å². The van der Waals surface area contributed by atoms with Gasteiger partial charge in [-0.25, -0.2) is 4.98 Å². The van der Waals surface area contributed by atoms with E-state index in [1.165, 1.54) is 0 Å². The highest BCUT2D eigenvalue weighted by atomic mass is 16.5. The van der Waals surface area contributed by atoms with Crippen molar-refractivity contribution < 1.29 is 14.6 Å². The Morgan fingerprint density at radius 2 is 2.04 bits per heavy atom. The summed E-state index contributed by atoms with van der Waals surface area (Å²) in [5.74, 6) is 0.374. The molecular weight excluding hydrogens is 304 g/mol. The molecule has 1 N–H and O–H groups in total. The minimum absolute atomic E-state index is 0.0564. The van der Waals surface area contributed by atoms with Crippen molar-refractivity contribution in [3.63, 3.8) is 0 Å². The number of carbonyl (C=O) groups excluding carboxylic acids is 1. The van der Waals surface area contributed by atoms with E-state index in [1.807, 2.05) is 49.4 Å². The van der Waals surface area contributed by atoms with Crippen LogP contribution in [0.25, 0.3) is 5.65 Å². The lowest BCUT2D eigenvalue weighted by atomic mass is 9.94. The SMILES string of the molecule is CCOc1cccn2c(C(=O)C[C@H](CO)c3ccccc3)cnc12. The number of rotatable bonds is 7. The van der Waals surface area contributed by atoms with E-state index < -0.39 is 0 Å². The maximum atomic E-state index is 12.7. The first-order chi connectivity index (χ1) is 11.7. The third-order valence-corrected chi connectivity index (χ3v) is 4.01. The Morgan fingerprint density at radius 3 is 2.75 bits per heavy atom. The van der Waals surface area contributed by atoms with Gasteiger partial charge in [-0.2, -0.15) is 0 Å². The van der Waals surface area contributed by atoms with Gasteiger partial charge in [-0.3, -0.25) is 9.20 Å². The number of fused-ring (bicyclic) bond motifs is 1. The van der Waals surface area contributed by atoms with E-state index in [4.69, 9.17) is 4.74 Å². The molecule has 3 rings (SSSR count). The number of aromatic nitrogens is 2. The highest BCUT2D eigenvalue weighted by molar-refractivity contribution is 5.95. The summed E-state index contributed by atoms with van der Waals surface area (Å²) in [6.45, 7) is 2.37. The van der Waals surface area contributed by atoms with Gasteiger partial charge in [0.2, 0.25) is 0 Å². The van der Waals surface area contributed by atoms with Crippen LogP contribution in [0.15, 0.2) is 54.9 Å². The van der Waals surface area contributed by atoms with E-state index in [0.29, 0.717) is 23.7 Å². The van der Waals surface area contributed by atoms with Crippen LogP contribution in [-0.4, -0.2) is 33.5 Å². The lowest BCUT2D eigenvalue weighted by molar-refractivity contribution is 0.0954. The molecule has 2 heterocycles. The molecule has 5 heteroatoms. The molecule has 124 valence electrons. The Kier molecular flexibility index (Phi) is 4.91. The molecule has 24 heavy (non-hydrogen) atoms. The number of benzene rings is 1. The molecule has 0 bridgehead atoms. The largest absolute Gasteiger partial charge is 0.490 e. The standard InChI is InChI=1S/C19H20N2O3/c1-2-24-18-9-6-10-21-16(12-20-19(18)21)17(23)11-15(13-22)14-7-4-3-5-8-14/h3-10,12,15,22H,2,11,13H2,1H3/t15-/m1/s1. The summed E-state index contributed by atoms with van der Waals surface area (Å²) in [6, 6.07) is 13.2. The van der Waals surface area contributed by atoms with E-state index in [-0.39, 0.29) is 24.7 Å². The Hall–Kier alpha value is -2.66. The van der Waals surface area contributed by atoms with Crippen molar-refractivity contribution in [2.45, 2.75) is 19.3 Å². The predicted octanol–water partition coefficient (Wildman–Crippen LogP) is 3.08. The minimum atomic E-state index is -0.223. The highest BCUT2D eigenvalue weighted by Crippen LogP contribution is 2.24. The molecule has 1 aromatic carbocycles. The number of nitrogens with zero attached hydrogens (tertiary/aromatic N) is 2. The van der Waals surface area contributed by atoms with Crippen molar-refractivity contribution in [3.8, 4) is 5.75 Å². The van der Waals surface area contributed by atoms with Crippen LogP contribution in [0.3, 0.4) is 0 Å². The van der Waals surface area contributed by atoms with Crippen LogP contribution in [0.2, 0.25) is 0 Å². The molecule has 5 nitrogen and oxygen atoms in total. The summed E-state index contributed by atoms with van der Waals surface area (Å²) in [4.78, 5) is 17.0. The number of aliphatic hydroxyl groups excluding tert-OH is 1. The summed E-state index contributed by atoms with van der Waals surface area (Å²) in [7, 11) is 0. The van der Waals surface area contributed by atoms with E-state index in [9.17, 15) is 9.90 Å². The molecule has 0 aliphatic rings. The van der Waals surface area contributed by atoms with Gasteiger partial charge in [0.05, 0.1) is 19.4 Å². The molecule has 0 aliphatic carbocycles. The first-order valence-corrected chi connectivity index (χ1v) is 8.02. The molecule has 2 aromatic heterocycles. The lowest BCUT2D eigenvalue weighted by Gasteiger charge is -2.13. The molecule has 0 spiro atoms. The maximum Gasteiger partial charge on any atom is 0.181 e. The molecule has 1 atom stereocenters. The number of hydrogen-bond donors (Lipinski definition) is 1. The number of carbonyl (C=O) groups is 1. The smallest absolute Gasteiger partial charge is 0.181 e. The van der Waals surface area contributed by atoms with Crippen molar-refractivity contribution in [2.75, 3.05) is 13.2 Å². The van der Waals surface area contributed by atoms with Crippen LogP contribution in [0, 0.1) is 0 Å². The summed E-state index contributed by atoms with van der Waals surface area (Å²) < 4.78 is 7.29. The van der Waals surface area contributed by atoms with Gasteiger partial charge in [-0.1, -0.05) is 30.3 Å². The normalized spacial score (nSPS) is 12.2. The van der Waals surface area contributed by atoms with Gasteiger partial charge in [-0.15, -0.1) is 0 Å². The third kappa shape index (κ3) is 3.16. The van der Waals surface area contributed by atoms with Crippen LogP contribution < -0.4 is 4.74 Å². The van der Waals surface area contributed by atoms with Gasteiger partial charge in [0.25, 0.3) is 0 Å². The molecule has 0 unspecified atom stereocenters. The number of ketones is 1. The summed E-state index contributed by atoms with van der Waals surface area (Å²) in [5.41, 5.74) is 2.08. The first-order valence-electron chi connectivity index (χ1n) is 8.02. The van der Waals surface area contributed by atoms with Gasteiger partial charge in [0, 0.05) is 18.5 Å². The average molecular weight is 324 g/mol. The lowest BCUT2D eigenvalue weighted by Crippen LogP contribution is -2.12. The second kappa shape index (κ2) is 7.27. The summed E-state index contributed by atoms with van der Waals surface area (Å²) >= 11 is 0. The fraction of sp³-hybridized carbons (Fsp3) is 0.263. The van der Waals surface area contributed by atoms with Gasteiger partial charge >= 0.3 is 0 Å². The molecule has 0 saturated carbocycles. The van der Waals surface area contributed by atoms with Gasteiger partial charge in [-0.05, 0) is 24.6 Å². The topological polar surface area (TPSA) is 63.8 Å². The summed E-state index contributed by atoms with van der Waals surface area (Å²) in [6.07, 6.45) is 3.60. The van der Waals surface area contributed by atoms with Gasteiger partial charge < -0.3 is 9.84 Å². The second-order valence-corrected chi connectivity index (χ2v) is 5.56. The zero-order chi connectivity index (χ0) is 16.9. The monoisotopic (exact) mass is 324 g/mol. The molecule has 0 radical (unpaired) electrons. The quantitative estimate of drug-likeness (QED) is 0.678. The predicted molar refractivity (Wildman–Crippen MR) is 91.6 cm³/mol.